The van der Waals surface area contributed by atoms with Crippen LogP contribution in [0.4, 0.5) is 5.69 Å². The molecule has 6 heteroatoms. The molecule has 0 unspecified atom stereocenters. The number of aromatic hydroxyl groups is 1. The van der Waals surface area contributed by atoms with E-state index in [4.69, 9.17) is 5.73 Å². The Labute approximate surface area is 152 Å². The van der Waals surface area contributed by atoms with Crippen molar-refractivity contribution in [2.45, 2.75) is 18.9 Å². The number of anilines is 1. The lowest BCUT2D eigenvalue weighted by Crippen LogP contribution is -2.44. The first-order chi connectivity index (χ1) is 12.6. The van der Waals surface area contributed by atoms with Gasteiger partial charge in [-0.25, -0.2) is 0 Å². The van der Waals surface area contributed by atoms with E-state index in [-0.39, 0.29) is 23.5 Å². The summed E-state index contributed by atoms with van der Waals surface area (Å²) < 4.78 is 0. The van der Waals surface area contributed by atoms with Crippen molar-refractivity contribution in [3.63, 3.8) is 0 Å². The summed E-state index contributed by atoms with van der Waals surface area (Å²) in [7, 11) is 0. The molecule has 26 heavy (non-hydrogen) atoms. The summed E-state index contributed by atoms with van der Waals surface area (Å²) in [5.74, 6) is -0.596. The largest absolute Gasteiger partial charge is 0.506 e. The first-order valence-electron chi connectivity index (χ1n) is 8.73. The molecule has 0 radical (unpaired) electrons. The summed E-state index contributed by atoms with van der Waals surface area (Å²) in [5.41, 5.74) is 6.91. The lowest BCUT2D eigenvalue weighted by atomic mass is 9.93. The molecule has 0 saturated carbocycles. The van der Waals surface area contributed by atoms with Gasteiger partial charge in [-0.05, 0) is 43.6 Å². The Bertz CT molecular complexity index is 771. The summed E-state index contributed by atoms with van der Waals surface area (Å²) in [6.07, 6.45) is 1.27. The molecule has 2 amide bonds. The van der Waals surface area contributed by atoms with Crippen LogP contribution in [0.2, 0.25) is 0 Å². The van der Waals surface area contributed by atoms with Gasteiger partial charge in [-0.3, -0.25) is 14.5 Å². The van der Waals surface area contributed by atoms with Crippen molar-refractivity contribution in [3.05, 3.63) is 60.2 Å². The van der Waals surface area contributed by atoms with E-state index in [1.165, 1.54) is 6.07 Å². The third kappa shape index (κ3) is 4.03. The fourth-order valence-electron chi connectivity index (χ4n) is 3.42. The molecule has 6 nitrogen and oxygen atoms in total. The molecule has 1 saturated heterocycles. The number of amides is 2. The van der Waals surface area contributed by atoms with Gasteiger partial charge in [-0.1, -0.05) is 42.5 Å². The molecular formula is C20H23N3O3. The third-order valence-electron chi connectivity index (χ3n) is 4.81. The van der Waals surface area contributed by atoms with Gasteiger partial charge in [0.2, 0.25) is 11.8 Å². The number of nitrogens with two attached hydrogens (primary N) is 1. The average molecular weight is 353 g/mol. The summed E-state index contributed by atoms with van der Waals surface area (Å²) in [4.78, 5) is 26.5. The summed E-state index contributed by atoms with van der Waals surface area (Å²) in [6, 6.07) is 15.7. The number of piperidine rings is 1. The standard InChI is InChI=1S/C20H23N3O3/c21-19(25)18(14-6-2-1-3-7-14)23-12-10-15(11-13-23)20(26)22-16-8-4-5-9-17(16)24/h1-9,15,18,24H,10-13H2,(H2,21,25)(H,22,26)/t18-/m0/s1. The van der Waals surface area contributed by atoms with Gasteiger partial charge >= 0.3 is 0 Å². The van der Waals surface area contributed by atoms with Crippen LogP contribution < -0.4 is 11.1 Å². The van der Waals surface area contributed by atoms with Crippen molar-refractivity contribution in [2.24, 2.45) is 11.7 Å². The number of carbonyl (C=O) groups excluding carboxylic acids is 2. The van der Waals surface area contributed by atoms with Crippen molar-refractivity contribution < 1.29 is 14.7 Å². The highest BCUT2D eigenvalue weighted by molar-refractivity contribution is 5.94. The van der Waals surface area contributed by atoms with Crippen LogP contribution in [0.25, 0.3) is 0 Å². The molecule has 1 atom stereocenters. The van der Waals surface area contributed by atoms with E-state index < -0.39 is 6.04 Å². The van der Waals surface area contributed by atoms with Crippen molar-refractivity contribution in [2.75, 3.05) is 18.4 Å². The van der Waals surface area contributed by atoms with Gasteiger partial charge in [0.1, 0.15) is 11.8 Å². The van der Waals surface area contributed by atoms with Gasteiger partial charge in [-0.2, -0.15) is 0 Å². The second-order valence-corrected chi connectivity index (χ2v) is 6.53. The molecular weight excluding hydrogens is 330 g/mol. The van der Waals surface area contributed by atoms with Crippen LogP contribution in [-0.2, 0) is 9.59 Å². The number of phenolic OH excluding ortho intramolecular Hbond substituents is 1. The maximum atomic E-state index is 12.5. The van der Waals surface area contributed by atoms with Crippen molar-refractivity contribution >= 4 is 17.5 Å². The molecule has 0 aliphatic carbocycles. The number of hydrogen-bond acceptors (Lipinski definition) is 4. The zero-order chi connectivity index (χ0) is 18.5. The molecule has 2 aromatic rings. The first kappa shape index (κ1) is 17.9. The number of primary amides is 1. The molecule has 4 N–H and O–H groups in total. The summed E-state index contributed by atoms with van der Waals surface area (Å²) in [6.45, 7) is 1.22. The smallest absolute Gasteiger partial charge is 0.239 e. The fraction of sp³-hybridized carbons (Fsp3) is 0.300. The number of nitrogens with zero attached hydrogens (tertiary/aromatic N) is 1. The number of phenols is 1. The molecule has 1 aliphatic rings. The Kier molecular flexibility index (Phi) is 5.53. The van der Waals surface area contributed by atoms with Crippen molar-refractivity contribution in [3.8, 4) is 5.75 Å². The molecule has 1 fully saturated rings. The van der Waals surface area contributed by atoms with Crippen LogP contribution in [0.3, 0.4) is 0 Å². The van der Waals surface area contributed by atoms with E-state index in [1.54, 1.807) is 18.2 Å². The highest BCUT2D eigenvalue weighted by Gasteiger charge is 2.32. The van der Waals surface area contributed by atoms with Gasteiger partial charge in [0.05, 0.1) is 5.69 Å². The van der Waals surface area contributed by atoms with E-state index in [0.717, 1.165) is 5.56 Å². The number of benzene rings is 2. The first-order valence-corrected chi connectivity index (χ1v) is 8.73. The number of nitrogens with one attached hydrogen (secondary N) is 1. The van der Waals surface area contributed by atoms with Crippen molar-refractivity contribution in [1.29, 1.82) is 0 Å². The Balaban J connectivity index is 1.62. The zero-order valence-electron chi connectivity index (χ0n) is 14.5. The predicted octanol–water partition coefficient (Wildman–Crippen LogP) is 2.27. The lowest BCUT2D eigenvalue weighted by Gasteiger charge is -2.35. The van der Waals surface area contributed by atoms with Crippen LogP contribution in [0.1, 0.15) is 24.4 Å². The molecule has 0 aromatic heterocycles. The molecule has 3 rings (SSSR count). The number of para-hydroxylation sites is 2. The Morgan fingerprint density at radius 2 is 1.65 bits per heavy atom. The summed E-state index contributed by atoms with van der Waals surface area (Å²) >= 11 is 0. The van der Waals surface area contributed by atoms with E-state index in [2.05, 4.69) is 5.32 Å². The van der Waals surface area contributed by atoms with Crippen molar-refractivity contribution in [1.82, 2.24) is 4.90 Å². The molecule has 1 heterocycles. The number of carbonyl (C=O) groups is 2. The van der Waals surface area contributed by atoms with E-state index in [9.17, 15) is 14.7 Å². The average Bonchev–Trinajstić information content (AvgIpc) is 2.65. The molecule has 0 bridgehead atoms. The second kappa shape index (κ2) is 8.01. The van der Waals surface area contributed by atoms with Crippen LogP contribution in [0.15, 0.2) is 54.6 Å². The van der Waals surface area contributed by atoms with Gasteiger partial charge in [0, 0.05) is 5.92 Å². The number of hydrogen-bond donors (Lipinski definition) is 3. The second-order valence-electron chi connectivity index (χ2n) is 6.53. The quantitative estimate of drug-likeness (QED) is 0.719. The number of rotatable bonds is 5. The normalized spacial score (nSPS) is 16.8. The topological polar surface area (TPSA) is 95.7 Å². The highest BCUT2D eigenvalue weighted by atomic mass is 16.3. The summed E-state index contributed by atoms with van der Waals surface area (Å²) in [5, 5.41) is 12.6. The number of likely N-dealkylation sites (tertiary alicyclic amines) is 1. The van der Waals surface area contributed by atoms with Crippen LogP contribution >= 0.6 is 0 Å². The Hall–Kier alpha value is -2.86. The van der Waals surface area contributed by atoms with Gasteiger partial charge < -0.3 is 16.2 Å². The minimum absolute atomic E-state index is 0.0520. The van der Waals surface area contributed by atoms with Crippen LogP contribution in [-0.4, -0.2) is 34.9 Å². The molecule has 2 aromatic carbocycles. The third-order valence-corrected chi connectivity index (χ3v) is 4.81. The van der Waals surface area contributed by atoms with Crippen LogP contribution in [0.5, 0.6) is 5.75 Å². The maximum absolute atomic E-state index is 12.5. The molecule has 1 aliphatic heterocycles. The lowest BCUT2D eigenvalue weighted by molar-refractivity contribution is -0.125. The van der Waals surface area contributed by atoms with Gasteiger partial charge in [-0.15, -0.1) is 0 Å². The molecule has 136 valence electrons. The predicted molar refractivity (Wildman–Crippen MR) is 99.4 cm³/mol. The van der Waals surface area contributed by atoms with E-state index >= 15 is 0 Å². The van der Waals surface area contributed by atoms with Gasteiger partial charge in [0.25, 0.3) is 0 Å². The van der Waals surface area contributed by atoms with Gasteiger partial charge in [0.15, 0.2) is 0 Å². The monoisotopic (exact) mass is 353 g/mol. The van der Waals surface area contributed by atoms with E-state index in [0.29, 0.717) is 31.6 Å². The Morgan fingerprint density at radius 3 is 2.27 bits per heavy atom. The minimum Gasteiger partial charge on any atom is -0.506 e. The van der Waals surface area contributed by atoms with E-state index in [1.807, 2.05) is 35.2 Å². The maximum Gasteiger partial charge on any atom is 0.239 e. The van der Waals surface area contributed by atoms with Crippen LogP contribution in [0, 0.1) is 5.92 Å². The fourth-order valence-corrected chi connectivity index (χ4v) is 3.42. The minimum atomic E-state index is -0.474. The SMILES string of the molecule is NC(=O)[C@H](c1ccccc1)N1CCC(C(=O)Nc2ccccc2O)CC1. The molecule has 0 spiro atoms. The Morgan fingerprint density at radius 1 is 1.04 bits per heavy atom. The zero-order valence-corrected chi connectivity index (χ0v) is 14.5. The highest BCUT2D eigenvalue weighted by Crippen LogP contribution is 2.28.